The molecule has 0 radical (unpaired) electrons. The van der Waals surface area contributed by atoms with Gasteiger partial charge in [0, 0.05) is 37.6 Å². The molecule has 2 aromatic carbocycles. The summed E-state index contributed by atoms with van der Waals surface area (Å²) in [7, 11) is 0. The summed E-state index contributed by atoms with van der Waals surface area (Å²) in [4.78, 5) is 16.7. The predicted molar refractivity (Wildman–Crippen MR) is 112 cm³/mol. The van der Waals surface area contributed by atoms with E-state index in [9.17, 15) is 4.79 Å². The van der Waals surface area contributed by atoms with Gasteiger partial charge in [-0.15, -0.1) is 0 Å². The fourth-order valence-electron chi connectivity index (χ4n) is 3.51. The van der Waals surface area contributed by atoms with E-state index in [1.807, 2.05) is 60.4 Å². The first-order valence-corrected chi connectivity index (χ1v) is 9.67. The van der Waals surface area contributed by atoms with Crippen molar-refractivity contribution < 1.29 is 13.9 Å². The summed E-state index contributed by atoms with van der Waals surface area (Å²) in [6, 6.07) is 17.8. The average molecular weight is 376 g/mol. The van der Waals surface area contributed by atoms with E-state index in [0.29, 0.717) is 25.5 Å². The Hall–Kier alpha value is -3.21. The highest BCUT2D eigenvalue weighted by atomic mass is 16.5. The van der Waals surface area contributed by atoms with Crippen molar-refractivity contribution in [2.75, 3.05) is 37.7 Å². The quantitative estimate of drug-likeness (QED) is 0.627. The van der Waals surface area contributed by atoms with E-state index in [1.54, 1.807) is 12.2 Å². The molecule has 1 saturated heterocycles. The van der Waals surface area contributed by atoms with E-state index in [-0.39, 0.29) is 5.91 Å². The van der Waals surface area contributed by atoms with Crippen LogP contribution in [-0.4, -0.2) is 43.6 Å². The normalized spacial score (nSPS) is 14.8. The molecule has 1 aliphatic heterocycles. The number of anilines is 1. The predicted octanol–water partition coefficient (Wildman–Crippen LogP) is 4.19. The van der Waals surface area contributed by atoms with Gasteiger partial charge in [0.1, 0.15) is 17.1 Å². The van der Waals surface area contributed by atoms with Gasteiger partial charge in [-0.2, -0.15) is 0 Å². The molecule has 0 spiro atoms. The van der Waals surface area contributed by atoms with Crippen molar-refractivity contribution in [1.29, 1.82) is 0 Å². The van der Waals surface area contributed by atoms with E-state index in [2.05, 4.69) is 11.0 Å². The number of furan rings is 1. The van der Waals surface area contributed by atoms with Crippen LogP contribution in [0.2, 0.25) is 0 Å². The molecule has 0 saturated carbocycles. The summed E-state index contributed by atoms with van der Waals surface area (Å²) in [6.45, 7) is 5.57. The number of hydrogen-bond acceptors (Lipinski definition) is 4. The SMILES string of the molecule is CCOc1ccccc1N1CCN(C(=O)/C=C/c2cc3ccccc3o2)CC1. The average Bonchev–Trinajstić information content (AvgIpc) is 3.16. The molecular weight excluding hydrogens is 352 g/mol. The molecule has 0 bridgehead atoms. The minimum Gasteiger partial charge on any atom is -0.492 e. The zero-order valence-electron chi connectivity index (χ0n) is 16.0. The Labute approximate surface area is 164 Å². The van der Waals surface area contributed by atoms with Crippen molar-refractivity contribution >= 4 is 28.6 Å². The Morgan fingerprint density at radius 3 is 2.61 bits per heavy atom. The molecule has 1 aromatic heterocycles. The fourth-order valence-corrected chi connectivity index (χ4v) is 3.51. The first-order chi connectivity index (χ1) is 13.7. The number of fused-ring (bicyclic) bond motifs is 1. The summed E-state index contributed by atoms with van der Waals surface area (Å²) in [5.74, 6) is 1.60. The second-order valence-corrected chi connectivity index (χ2v) is 6.73. The van der Waals surface area contributed by atoms with Crippen molar-refractivity contribution in [3.05, 3.63) is 66.4 Å². The Morgan fingerprint density at radius 2 is 1.82 bits per heavy atom. The van der Waals surface area contributed by atoms with Crippen LogP contribution in [0.5, 0.6) is 5.75 Å². The van der Waals surface area contributed by atoms with Gasteiger partial charge in [-0.05, 0) is 37.3 Å². The maximum Gasteiger partial charge on any atom is 0.246 e. The highest BCUT2D eigenvalue weighted by Crippen LogP contribution is 2.29. The van der Waals surface area contributed by atoms with Gasteiger partial charge >= 0.3 is 0 Å². The van der Waals surface area contributed by atoms with Gasteiger partial charge < -0.3 is 19.0 Å². The molecule has 3 aromatic rings. The van der Waals surface area contributed by atoms with Crippen LogP contribution >= 0.6 is 0 Å². The van der Waals surface area contributed by atoms with Crippen molar-refractivity contribution in [3.8, 4) is 5.75 Å². The monoisotopic (exact) mass is 376 g/mol. The van der Waals surface area contributed by atoms with Crippen molar-refractivity contribution in [2.45, 2.75) is 6.92 Å². The topological polar surface area (TPSA) is 45.9 Å². The summed E-state index contributed by atoms with van der Waals surface area (Å²) in [6.07, 6.45) is 3.35. The molecule has 5 heteroatoms. The van der Waals surface area contributed by atoms with Gasteiger partial charge in [0.15, 0.2) is 0 Å². The Balaban J connectivity index is 1.37. The Morgan fingerprint density at radius 1 is 1.07 bits per heavy atom. The van der Waals surface area contributed by atoms with Crippen LogP contribution in [0.3, 0.4) is 0 Å². The molecular formula is C23H24N2O3. The molecule has 4 rings (SSSR count). The van der Waals surface area contributed by atoms with Crippen molar-refractivity contribution in [2.24, 2.45) is 0 Å². The zero-order valence-corrected chi connectivity index (χ0v) is 16.0. The number of hydrogen-bond donors (Lipinski definition) is 0. The van der Waals surface area contributed by atoms with Crippen LogP contribution in [0.25, 0.3) is 17.0 Å². The number of rotatable bonds is 5. The van der Waals surface area contributed by atoms with Crippen LogP contribution in [0.1, 0.15) is 12.7 Å². The Bertz CT molecular complexity index is 951. The minimum atomic E-state index is 0.0122. The van der Waals surface area contributed by atoms with Crippen LogP contribution in [0.15, 0.2) is 65.1 Å². The summed E-state index contributed by atoms with van der Waals surface area (Å²) in [5.41, 5.74) is 1.92. The lowest BCUT2D eigenvalue weighted by molar-refractivity contribution is -0.126. The number of carbonyl (C=O) groups excluding carboxylic acids is 1. The molecule has 5 nitrogen and oxygen atoms in total. The zero-order chi connectivity index (χ0) is 19.3. The highest BCUT2D eigenvalue weighted by Gasteiger charge is 2.21. The number of amides is 1. The molecule has 144 valence electrons. The lowest BCUT2D eigenvalue weighted by atomic mass is 10.2. The smallest absolute Gasteiger partial charge is 0.246 e. The number of para-hydroxylation sites is 3. The van der Waals surface area contributed by atoms with Crippen molar-refractivity contribution in [1.82, 2.24) is 4.90 Å². The van der Waals surface area contributed by atoms with E-state index in [0.717, 1.165) is 35.5 Å². The van der Waals surface area contributed by atoms with Crippen molar-refractivity contribution in [3.63, 3.8) is 0 Å². The van der Waals surface area contributed by atoms with E-state index >= 15 is 0 Å². The lowest BCUT2D eigenvalue weighted by Gasteiger charge is -2.36. The number of piperazine rings is 1. The molecule has 0 aliphatic carbocycles. The first kappa shape index (κ1) is 18.2. The second kappa shape index (κ2) is 8.21. The van der Waals surface area contributed by atoms with Gasteiger partial charge in [-0.3, -0.25) is 4.79 Å². The van der Waals surface area contributed by atoms with Gasteiger partial charge in [0.05, 0.1) is 12.3 Å². The number of benzene rings is 2. The molecule has 0 unspecified atom stereocenters. The van der Waals surface area contributed by atoms with Gasteiger partial charge in [-0.1, -0.05) is 30.3 Å². The fraction of sp³-hybridized carbons (Fsp3) is 0.261. The Kier molecular flexibility index (Phi) is 5.33. The van der Waals surface area contributed by atoms with Crippen LogP contribution < -0.4 is 9.64 Å². The minimum absolute atomic E-state index is 0.0122. The molecule has 28 heavy (non-hydrogen) atoms. The lowest BCUT2D eigenvalue weighted by Crippen LogP contribution is -2.48. The standard InChI is InChI=1S/C23H24N2O3/c1-2-27-22-10-6-4-8-20(22)24-13-15-25(16-14-24)23(26)12-11-19-17-18-7-3-5-9-21(18)28-19/h3-12,17H,2,13-16H2,1H3/b12-11+. The summed E-state index contributed by atoms with van der Waals surface area (Å²) in [5, 5.41) is 1.04. The number of nitrogens with zero attached hydrogens (tertiary/aromatic N) is 2. The maximum atomic E-state index is 12.6. The van der Waals surface area contributed by atoms with E-state index < -0.39 is 0 Å². The third kappa shape index (κ3) is 3.88. The number of carbonyl (C=O) groups is 1. The first-order valence-electron chi connectivity index (χ1n) is 9.67. The van der Waals surface area contributed by atoms with Crippen LogP contribution in [-0.2, 0) is 4.79 Å². The second-order valence-electron chi connectivity index (χ2n) is 6.73. The molecule has 0 N–H and O–H groups in total. The van der Waals surface area contributed by atoms with E-state index in [4.69, 9.17) is 9.15 Å². The maximum absolute atomic E-state index is 12.6. The molecule has 0 atom stereocenters. The largest absolute Gasteiger partial charge is 0.492 e. The molecule has 2 heterocycles. The third-order valence-corrected chi connectivity index (χ3v) is 4.93. The number of ether oxygens (including phenoxy) is 1. The molecule has 1 amide bonds. The highest BCUT2D eigenvalue weighted by molar-refractivity contribution is 5.92. The summed E-state index contributed by atoms with van der Waals surface area (Å²) >= 11 is 0. The van der Waals surface area contributed by atoms with Crippen LogP contribution in [0.4, 0.5) is 5.69 Å². The van der Waals surface area contributed by atoms with Gasteiger partial charge in [0.25, 0.3) is 0 Å². The van der Waals surface area contributed by atoms with Gasteiger partial charge in [-0.25, -0.2) is 0 Å². The molecule has 1 aliphatic rings. The van der Waals surface area contributed by atoms with Gasteiger partial charge in [0.2, 0.25) is 5.91 Å². The summed E-state index contributed by atoms with van der Waals surface area (Å²) < 4.78 is 11.5. The molecule has 1 fully saturated rings. The van der Waals surface area contributed by atoms with Crippen LogP contribution in [0, 0.1) is 0 Å². The third-order valence-electron chi connectivity index (χ3n) is 4.93. The van der Waals surface area contributed by atoms with E-state index in [1.165, 1.54) is 0 Å².